The molecule has 0 fully saturated rings. The number of hydrogen-bond donors (Lipinski definition) is 4. The molecule has 0 aliphatic carbocycles. The number of carbonyl (C=O) groups excluding carboxylic acids is 4. The molecule has 2 amide bonds. The zero-order valence-electron chi connectivity index (χ0n) is 25.9. The fourth-order valence-electron chi connectivity index (χ4n) is 2.28. The van der Waals surface area contributed by atoms with Gasteiger partial charge in [0.05, 0.1) is 26.4 Å². The van der Waals surface area contributed by atoms with Gasteiger partial charge < -0.3 is 39.8 Å². The Hall–Kier alpha value is -3.48. The number of unbranched alkanes of at least 4 members (excludes halogenated alkanes) is 6. The van der Waals surface area contributed by atoms with Gasteiger partial charge in [0.2, 0.25) is 0 Å². The van der Waals surface area contributed by atoms with Crippen molar-refractivity contribution >= 4 is 24.1 Å². The van der Waals surface area contributed by atoms with Gasteiger partial charge in [-0.2, -0.15) is 0 Å². The molecule has 0 spiro atoms. The molecule has 0 heterocycles. The Bertz CT molecular complexity index is 731. The molecule has 0 atom stereocenters. The second-order valence-corrected chi connectivity index (χ2v) is 8.26. The summed E-state index contributed by atoms with van der Waals surface area (Å²) in [7, 11) is 0. The number of esters is 2. The van der Waals surface area contributed by atoms with Crippen molar-refractivity contribution in [3.63, 3.8) is 0 Å². The van der Waals surface area contributed by atoms with Crippen LogP contribution in [0.3, 0.4) is 0 Å². The van der Waals surface area contributed by atoms with Gasteiger partial charge >= 0.3 is 24.1 Å². The number of nitrogens with one attached hydrogen (secondary N) is 2. The fourth-order valence-corrected chi connectivity index (χ4v) is 2.28. The summed E-state index contributed by atoms with van der Waals surface area (Å²) in [4.78, 5) is 43.3. The molecule has 0 aromatic carbocycles. The molecule has 0 rings (SSSR count). The molecule has 12 nitrogen and oxygen atoms in total. The lowest BCUT2D eigenvalue weighted by atomic mass is 10.2. The van der Waals surface area contributed by atoms with Gasteiger partial charge in [-0.05, 0) is 64.2 Å². The summed E-state index contributed by atoms with van der Waals surface area (Å²) in [5.41, 5.74) is 0. The maximum atomic E-state index is 10.9. The summed E-state index contributed by atoms with van der Waals surface area (Å²) in [5.74, 6) is 10.5. The molecule has 0 saturated heterocycles. The standard InChI is InChI=1S/C12H18O2.2C9H17NO4/c13-11-9-7-5-3-1-2-4-6-8-10-12-14;2*1-3-5-6-14-8(11)7-10-9(12)13-4-2/h13-14H,5-12H2;2*3-7H2,1-2H3,(H,10,12). The largest absolute Gasteiger partial charge is 0.464 e. The van der Waals surface area contributed by atoms with Crippen LogP contribution in [0.5, 0.6) is 0 Å². The van der Waals surface area contributed by atoms with Crippen molar-refractivity contribution in [2.24, 2.45) is 0 Å². The third-order valence-corrected chi connectivity index (χ3v) is 4.49. The van der Waals surface area contributed by atoms with E-state index in [-0.39, 0.29) is 39.5 Å². The topological polar surface area (TPSA) is 170 Å². The van der Waals surface area contributed by atoms with Crippen molar-refractivity contribution < 1.29 is 48.3 Å². The molecule has 4 N–H and O–H groups in total. The SMILES string of the molecule is CCCCOC(=O)CNC(=O)OCC.CCCCOC(=O)CNC(=O)OCC.OCCCCC#CC#CCCCCO. The lowest BCUT2D eigenvalue weighted by Crippen LogP contribution is -2.31. The summed E-state index contributed by atoms with van der Waals surface area (Å²) in [6, 6.07) is 0. The summed E-state index contributed by atoms with van der Waals surface area (Å²) < 4.78 is 18.7. The zero-order valence-corrected chi connectivity index (χ0v) is 25.9. The zero-order chi connectivity index (χ0) is 32.1. The van der Waals surface area contributed by atoms with Crippen LogP contribution in [0.2, 0.25) is 0 Å². The first-order valence-electron chi connectivity index (χ1n) is 14.6. The average Bonchev–Trinajstić information content (AvgIpc) is 2.97. The lowest BCUT2D eigenvalue weighted by molar-refractivity contribution is -0.143. The van der Waals surface area contributed by atoms with Gasteiger partial charge in [0.15, 0.2) is 0 Å². The van der Waals surface area contributed by atoms with Crippen LogP contribution in [0.1, 0.15) is 91.9 Å². The number of carbonyl (C=O) groups is 4. The van der Waals surface area contributed by atoms with E-state index in [1.165, 1.54) is 0 Å². The minimum Gasteiger partial charge on any atom is -0.464 e. The maximum Gasteiger partial charge on any atom is 0.407 e. The van der Waals surface area contributed by atoms with Crippen molar-refractivity contribution in [2.75, 3.05) is 52.7 Å². The van der Waals surface area contributed by atoms with Crippen LogP contribution in [-0.2, 0) is 28.5 Å². The van der Waals surface area contributed by atoms with Crippen molar-refractivity contribution in [1.29, 1.82) is 0 Å². The van der Waals surface area contributed by atoms with Crippen LogP contribution in [-0.4, -0.2) is 87.1 Å². The van der Waals surface area contributed by atoms with E-state index in [2.05, 4.69) is 43.8 Å². The van der Waals surface area contributed by atoms with Crippen LogP contribution >= 0.6 is 0 Å². The monoisotopic (exact) mass is 600 g/mol. The molecular weight excluding hydrogens is 548 g/mol. The number of alkyl carbamates (subject to hydrolysis) is 2. The van der Waals surface area contributed by atoms with Gasteiger partial charge in [0, 0.05) is 26.1 Å². The van der Waals surface area contributed by atoms with Gasteiger partial charge in [-0.3, -0.25) is 9.59 Å². The van der Waals surface area contributed by atoms with E-state index >= 15 is 0 Å². The van der Waals surface area contributed by atoms with Gasteiger partial charge in [-0.1, -0.05) is 38.5 Å². The number of aliphatic hydroxyl groups excluding tert-OH is 2. The Kier molecular flexibility index (Phi) is 38.4. The Morgan fingerprint density at radius 1 is 0.571 bits per heavy atom. The first kappa shape index (κ1) is 43.0. The number of amides is 2. The van der Waals surface area contributed by atoms with Gasteiger partial charge in [0.25, 0.3) is 0 Å². The molecule has 42 heavy (non-hydrogen) atoms. The van der Waals surface area contributed by atoms with Gasteiger partial charge in [0.1, 0.15) is 13.1 Å². The van der Waals surface area contributed by atoms with Crippen molar-refractivity contribution in [2.45, 2.75) is 91.9 Å². The van der Waals surface area contributed by atoms with Crippen LogP contribution in [0.15, 0.2) is 0 Å². The molecule has 0 radical (unpaired) electrons. The molecule has 0 aliphatic rings. The van der Waals surface area contributed by atoms with E-state index in [1.54, 1.807) is 13.8 Å². The van der Waals surface area contributed by atoms with Crippen LogP contribution < -0.4 is 10.6 Å². The molecule has 242 valence electrons. The molecule has 12 heteroatoms. The first-order chi connectivity index (χ1) is 20.3. The quantitative estimate of drug-likeness (QED) is 0.0791. The van der Waals surface area contributed by atoms with Crippen molar-refractivity contribution in [3.8, 4) is 23.7 Å². The fraction of sp³-hybridized carbons (Fsp3) is 0.733. The Balaban J connectivity index is -0.000000543. The second kappa shape index (κ2) is 37.5. The molecule has 0 unspecified atom stereocenters. The van der Waals surface area contributed by atoms with Crippen molar-refractivity contribution in [1.82, 2.24) is 10.6 Å². The van der Waals surface area contributed by atoms with E-state index in [4.69, 9.17) is 19.7 Å². The summed E-state index contributed by atoms with van der Waals surface area (Å²) in [6.45, 7) is 8.99. The molecule has 0 bridgehead atoms. The van der Waals surface area contributed by atoms with Crippen LogP contribution in [0, 0.1) is 23.7 Å². The highest BCUT2D eigenvalue weighted by atomic mass is 16.6. The Labute approximate surface area is 251 Å². The van der Waals surface area contributed by atoms with E-state index in [0.717, 1.165) is 64.2 Å². The van der Waals surface area contributed by atoms with E-state index in [9.17, 15) is 19.2 Å². The predicted octanol–water partition coefficient (Wildman–Crippen LogP) is 3.47. The normalized spacial score (nSPS) is 9.00. The first-order valence-corrected chi connectivity index (χ1v) is 14.6. The number of rotatable bonds is 18. The third-order valence-electron chi connectivity index (χ3n) is 4.49. The maximum absolute atomic E-state index is 10.9. The average molecular weight is 601 g/mol. The van der Waals surface area contributed by atoms with E-state index in [1.807, 2.05) is 13.8 Å². The summed E-state index contributed by atoms with van der Waals surface area (Å²) in [6.07, 6.45) is 7.56. The Morgan fingerprint density at radius 2 is 0.952 bits per heavy atom. The van der Waals surface area contributed by atoms with E-state index < -0.39 is 24.1 Å². The highest BCUT2D eigenvalue weighted by Gasteiger charge is 2.06. The van der Waals surface area contributed by atoms with Crippen LogP contribution in [0.25, 0.3) is 0 Å². The highest BCUT2D eigenvalue weighted by Crippen LogP contribution is 1.92. The third kappa shape index (κ3) is 41.0. The molecule has 0 aliphatic heterocycles. The summed E-state index contributed by atoms with van der Waals surface area (Å²) >= 11 is 0. The minimum atomic E-state index is -0.597. The van der Waals surface area contributed by atoms with Crippen molar-refractivity contribution in [3.05, 3.63) is 0 Å². The second-order valence-electron chi connectivity index (χ2n) is 8.26. The van der Waals surface area contributed by atoms with Gasteiger partial charge in [-0.15, -0.1) is 0 Å². The van der Waals surface area contributed by atoms with E-state index in [0.29, 0.717) is 13.2 Å². The smallest absolute Gasteiger partial charge is 0.407 e. The molecule has 0 aromatic rings. The summed E-state index contributed by atoms with van der Waals surface area (Å²) in [5, 5.41) is 21.5. The Morgan fingerprint density at radius 3 is 1.26 bits per heavy atom. The number of aliphatic hydroxyl groups is 2. The molecular formula is C30H52N2O10. The lowest BCUT2D eigenvalue weighted by Gasteiger charge is -2.05. The predicted molar refractivity (Wildman–Crippen MR) is 159 cm³/mol. The molecule has 0 aromatic heterocycles. The van der Waals surface area contributed by atoms with Crippen LogP contribution in [0.4, 0.5) is 9.59 Å². The highest BCUT2D eigenvalue weighted by molar-refractivity contribution is 5.78. The number of hydrogen-bond acceptors (Lipinski definition) is 10. The number of ether oxygens (including phenoxy) is 4. The van der Waals surface area contributed by atoms with Gasteiger partial charge in [-0.25, -0.2) is 9.59 Å². The molecule has 0 saturated carbocycles. The minimum absolute atomic E-state index is 0.136.